The van der Waals surface area contributed by atoms with E-state index in [9.17, 15) is 0 Å². The van der Waals surface area contributed by atoms with Gasteiger partial charge in [0.2, 0.25) is 0 Å². The Balaban J connectivity index is 1.76. The quantitative estimate of drug-likeness (QED) is 0.841. The first kappa shape index (κ1) is 11.6. The zero-order valence-corrected chi connectivity index (χ0v) is 9.64. The van der Waals surface area contributed by atoms with Crippen LogP contribution in [0.25, 0.3) is 0 Å². The van der Waals surface area contributed by atoms with E-state index in [1.54, 1.807) is 0 Å². The van der Waals surface area contributed by atoms with E-state index in [0.717, 1.165) is 44.6 Å². The Labute approximate surface area is 97.0 Å². The summed E-state index contributed by atoms with van der Waals surface area (Å²) in [5, 5.41) is 0. The molecule has 1 unspecified atom stereocenters. The minimum atomic E-state index is 0.297. The van der Waals surface area contributed by atoms with Crippen LogP contribution in [0.3, 0.4) is 0 Å². The molecule has 2 N–H and O–H groups in total. The fourth-order valence-electron chi connectivity index (χ4n) is 2.24. The summed E-state index contributed by atoms with van der Waals surface area (Å²) in [7, 11) is 0. The molecular weight excluding hydrogens is 200 g/mol. The van der Waals surface area contributed by atoms with Gasteiger partial charge in [0.15, 0.2) is 0 Å². The highest BCUT2D eigenvalue weighted by molar-refractivity contribution is 5.03. The molecule has 1 aromatic rings. The molecule has 2 heterocycles. The van der Waals surface area contributed by atoms with Crippen molar-refractivity contribution in [3.8, 4) is 0 Å². The van der Waals surface area contributed by atoms with Crippen molar-refractivity contribution in [1.82, 2.24) is 4.98 Å². The summed E-state index contributed by atoms with van der Waals surface area (Å²) in [5.74, 6) is 0.637. The first-order valence-electron chi connectivity index (χ1n) is 6.09. The highest BCUT2D eigenvalue weighted by Crippen LogP contribution is 2.20. The predicted molar refractivity (Wildman–Crippen MR) is 64.1 cm³/mol. The molecule has 0 aromatic carbocycles. The highest BCUT2D eigenvalue weighted by atomic mass is 16.5. The summed E-state index contributed by atoms with van der Waals surface area (Å²) in [6, 6.07) is 6.34. The maximum Gasteiger partial charge on any atom is 0.0469 e. The predicted octanol–water partition coefficient (Wildman–Crippen LogP) is 1.77. The Hall–Kier alpha value is -0.930. The Bertz CT molecular complexity index is 296. The van der Waals surface area contributed by atoms with Crippen molar-refractivity contribution in [1.29, 1.82) is 0 Å². The molecule has 1 saturated heterocycles. The van der Waals surface area contributed by atoms with Gasteiger partial charge in [0.1, 0.15) is 0 Å². The van der Waals surface area contributed by atoms with Gasteiger partial charge in [0.25, 0.3) is 0 Å². The van der Waals surface area contributed by atoms with Crippen LogP contribution in [0.2, 0.25) is 0 Å². The van der Waals surface area contributed by atoms with E-state index < -0.39 is 0 Å². The minimum absolute atomic E-state index is 0.297. The summed E-state index contributed by atoms with van der Waals surface area (Å²) in [6.07, 6.45) is 6.09. The molecule has 3 heteroatoms. The van der Waals surface area contributed by atoms with Gasteiger partial charge in [-0.15, -0.1) is 0 Å². The van der Waals surface area contributed by atoms with Crippen LogP contribution in [0.15, 0.2) is 24.4 Å². The summed E-state index contributed by atoms with van der Waals surface area (Å²) in [4.78, 5) is 4.32. The van der Waals surface area contributed by atoms with Crippen molar-refractivity contribution in [3.63, 3.8) is 0 Å². The molecule has 0 radical (unpaired) electrons. The van der Waals surface area contributed by atoms with Gasteiger partial charge in [-0.05, 0) is 43.7 Å². The summed E-state index contributed by atoms with van der Waals surface area (Å²) in [6.45, 7) is 1.75. The lowest BCUT2D eigenvalue weighted by Gasteiger charge is -2.27. The molecule has 1 fully saturated rings. The monoisotopic (exact) mass is 220 g/mol. The van der Waals surface area contributed by atoms with E-state index in [1.165, 1.54) is 0 Å². The molecule has 0 saturated carbocycles. The normalized spacial score (nSPS) is 19.6. The maximum absolute atomic E-state index is 6.21. The Kier molecular flexibility index (Phi) is 4.31. The van der Waals surface area contributed by atoms with Gasteiger partial charge in [0, 0.05) is 31.1 Å². The van der Waals surface area contributed by atoms with Crippen LogP contribution < -0.4 is 5.73 Å². The van der Waals surface area contributed by atoms with Crippen LogP contribution in [0.1, 0.15) is 25.0 Å². The fourth-order valence-corrected chi connectivity index (χ4v) is 2.24. The van der Waals surface area contributed by atoms with Crippen molar-refractivity contribution >= 4 is 0 Å². The Morgan fingerprint density at radius 3 is 2.88 bits per heavy atom. The van der Waals surface area contributed by atoms with Gasteiger partial charge in [0.05, 0.1) is 0 Å². The molecule has 1 aliphatic rings. The van der Waals surface area contributed by atoms with Gasteiger partial charge in [-0.1, -0.05) is 6.07 Å². The standard InChI is InChI=1S/C13H20N2O/c14-13(11-6-9-16-10-7-11)5-4-12-3-1-2-8-15-12/h1-3,8,11,13H,4-7,9-10,14H2. The number of rotatable bonds is 4. The van der Waals surface area contributed by atoms with Gasteiger partial charge >= 0.3 is 0 Å². The number of aromatic nitrogens is 1. The second-order valence-electron chi connectivity index (χ2n) is 4.47. The zero-order chi connectivity index (χ0) is 11.2. The third-order valence-electron chi connectivity index (χ3n) is 3.33. The second kappa shape index (κ2) is 5.97. The smallest absolute Gasteiger partial charge is 0.0469 e. The van der Waals surface area contributed by atoms with Crippen LogP contribution in [-0.2, 0) is 11.2 Å². The average Bonchev–Trinajstić information content (AvgIpc) is 2.38. The van der Waals surface area contributed by atoms with Crippen LogP contribution >= 0.6 is 0 Å². The molecule has 16 heavy (non-hydrogen) atoms. The van der Waals surface area contributed by atoms with E-state index >= 15 is 0 Å². The number of nitrogens with zero attached hydrogens (tertiary/aromatic N) is 1. The largest absolute Gasteiger partial charge is 0.381 e. The average molecular weight is 220 g/mol. The number of aryl methyl sites for hydroxylation is 1. The molecule has 1 aromatic heterocycles. The van der Waals surface area contributed by atoms with E-state index in [2.05, 4.69) is 11.1 Å². The molecule has 2 rings (SSSR count). The number of hydrogen-bond acceptors (Lipinski definition) is 3. The molecule has 88 valence electrons. The van der Waals surface area contributed by atoms with Crippen molar-refractivity contribution < 1.29 is 4.74 Å². The van der Waals surface area contributed by atoms with Gasteiger partial charge < -0.3 is 10.5 Å². The third kappa shape index (κ3) is 3.29. The van der Waals surface area contributed by atoms with Gasteiger partial charge in [-0.3, -0.25) is 4.98 Å². The third-order valence-corrected chi connectivity index (χ3v) is 3.33. The van der Waals surface area contributed by atoms with E-state index in [4.69, 9.17) is 10.5 Å². The molecular formula is C13H20N2O. The lowest BCUT2D eigenvalue weighted by Crippen LogP contribution is -2.34. The number of hydrogen-bond donors (Lipinski definition) is 1. The molecule has 1 atom stereocenters. The second-order valence-corrected chi connectivity index (χ2v) is 4.47. The maximum atomic E-state index is 6.21. The van der Waals surface area contributed by atoms with E-state index in [-0.39, 0.29) is 0 Å². The van der Waals surface area contributed by atoms with Crippen molar-refractivity contribution in [3.05, 3.63) is 30.1 Å². The minimum Gasteiger partial charge on any atom is -0.381 e. The summed E-state index contributed by atoms with van der Waals surface area (Å²) >= 11 is 0. The lowest BCUT2D eigenvalue weighted by atomic mass is 9.89. The van der Waals surface area contributed by atoms with Crippen LogP contribution in [0.5, 0.6) is 0 Å². The Morgan fingerprint density at radius 1 is 1.38 bits per heavy atom. The number of ether oxygens (including phenoxy) is 1. The van der Waals surface area contributed by atoms with Crippen LogP contribution in [0.4, 0.5) is 0 Å². The highest BCUT2D eigenvalue weighted by Gasteiger charge is 2.20. The number of pyridine rings is 1. The van der Waals surface area contributed by atoms with Gasteiger partial charge in [-0.25, -0.2) is 0 Å². The Morgan fingerprint density at radius 2 is 2.19 bits per heavy atom. The summed E-state index contributed by atoms with van der Waals surface area (Å²) < 4.78 is 5.34. The SMILES string of the molecule is NC(CCc1ccccn1)C1CCOCC1. The van der Waals surface area contributed by atoms with Crippen LogP contribution in [0, 0.1) is 5.92 Å². The molecule has 0 aliphatic carbocycles. The van der Waals surface area contributed by atoms with E-state index in [0.29, 0.717) is 12.0 Å². The topological polar surface area (TPSA) is 48.1 Å². The number of nitrogens with two attached hydrogens (primary N) is 1. The van der Waals surface area contributed by atoms with Crippen molar-refractivity contribution in [2.24, 2.45) is 11.7 Å². The first-order chi connectivity index (χ1) is 7.86. The molecule has 0 amide bonds. The molecule has 3 nitrogen and oxygen atoms in total. The lowest BCUT2D eigenvalue weighted by molar-refractivity contribution is 0.0575. The van der Waals surface area contributed by atoms with Crippen LogP contribution in [-0.4, -0.2) is 24.2 Å². The summed E-state index contributed by atoms with van der Waals surface area (Å²) in [5.41, 5.74) is 7.36. The fraction of sp³-hybridized carbons (Fsp3) is 0.615. The van der Waals surface area contributed by atoms with E-state index in [1.807, 2.05) is 18.3 Å². The molecule has 1 aliphatic heterocycles. The zero-order valence-electron chi connectivity index (χ0n) is 9.64. The first-order valence-corrected chi connectivity index (χ1v) is 6.09. The van der Waals surface area contributed by atoms with Gasteiger partial charge in [-0.2, -0.15) is 0 Å². The molecule has 0 spiro atoms. The van der Waals surface area contributed by atoms with Crippen molar-refractivity contribution in [2.45, 2.75) is 31.7 Å². The molecule has 0 bridgehead atoms. The van der Waals surface area contributed by atoms with Crippen molar-refractivity contribution in [2.75, 3.05) is 13.2 Å².